The van der Waals surface area contributed by atoms with E-state index < -0.39 is 0 Å². The Kier molecular flexibility index (Phi) is 4.53. The van der Waals surface area contributed by atoms with Gasteiger partial charge in [-0.3, -0.25) is 0 Å². The van der Waals surface area contributed by atoms with E-state index in [1.165, 1.54) is 0 Å². The van der Waals surface area contributed by atoms with Crippen molar-refractivity contribution in [2.45, 2.75) is 33.1 Å². The molecule has 4 heteroatoms. The molecule has 1 N–H and O–H groups in total. The van der Waals surface area contributed by atoms with Gasteiger partial charge in [-0.05, 0) is 43.2 Å². The van der Waals surface area contributed by atoms with Crippen molar-refractivity contribution < 1.29 is 5.11 Å². The average molecular weight is 249 g/mol. The Balaban J connectivity index is 1.93. The highest BCUT2D eigenvalue weighted by molar-refractivity contribution is 5.37. The summed E-state index contributed by atoms with van der Waals surface area (Å²) in [6.45, 7) is 6.64. The number of rotatable bonds is 4. The molecule has 0 saturated carbocycles. The summed E-state index contributed by atoms with van der Waals surface area (Å²) in [5.41, 5.74) is 1.07. The number of hydrogen-bond donors (Lipinski definition) is 1. The second-order valence-corrected chi connectivity index (χ2v) is 5.59. The largest absolute Gasteiger partial charge is 0.396 e. The summed E-state index contributed by atoms with van der Waals surface area (Å²) in [4.78, 5) is 2.26. The summed E-state index contributed by atoms with van der Waals surface area (Å²) in [7, 11) is 0. The first kappa shape index (κ1) is 13.3. The van der Waals surface area contributed by atoms with Gasteiger partial charge in [0.15, 0.2) is 5.82 Å². The SMILES string of the molecule is CC(C)Cc1ccc(N2CCC(CO)CC2)nn1. The molecule has 0 unspecified atom stereocenters. The second-order valence-electron chi connectivity index (χ2n) is 5.59. The Morgan fingerprint density at radius 1 is 1.28 bits per heavy atom. The van der Waals surface area contributed by atoms with Crippen molar-refractivity contribution in [3.8, 4) is 0 Å². The molecular weight excluding hydrogens is 226 g/mol. The van der Waals surface area contributed by atoms with Gasteiger partial charge in [-0.25, -0.2) is 0 Å². The van der Waals surface area contributed by atoms with Crippen LogP contribution in [0.4, 0.5) is 5.82 Å². The van der Waals surface area contributed by atoms with Crippen LogP contribution >= 0.6 is 0 Å². The number of piperidine rings is 1. The van der Waals surface area contributed by atoms with Gasteiger partial charge in [-0.1, -0.05) is 13.8 Å². The topological polar surface area (TPSA) is 49.2 Å². The molecule has 1 aliphatic rings. The van der Waals surface area contributed by atoms with Crippen molar-refractivity contribution in [3.05, 3.63) is 17.8 Å². The maximum Gasteiger partial charge on any atom is 0.151 e. The first-order valence-electron chi connectivity index (χ1n) is 6.87. The fraction of sp³-hybridized carbons (Fsp3) is 0.714. The summed E-state index contributed by atoms with van der Waals surface area (Å²) in [5.74, 6) is 2.05. The van der Waals surface area contributed by atoms with Gasteiger partial charge in [0.2, 0.25) is 0 Å². The minimum atomic E-state index is 0.312. The molecule has 0 radical (unpaired) electrons. The zero-order valence-corrected chi connectivity index (χ0v) is 11.3. The highest BCUT2D eigenvalue weighted by Crippen LogP contribution is 2.21. The molecule has 0 atom stereocenters. The number of aliphatic hydroxyl groups excluding tert-OH is 1. The third-order valence-corrected chi connectivity index (χ3v) is 3.52. The van der Waals surface area contributed by atoms with E-state index in [1.54, 1.807) is 0 Å². The monoisotopic (exact) mass is 249 g/mol. The summed E-state index contributed by atoms with van der Waals surface area (Å²) in [5, 5.41) is 17.7. The Morgan fingerprint density at radius 2 is 2.00 bits per heavy atom. The van der Waals surface area contributed by atoms with E-state index in [-0.39, 0.29) is 0 Å². The fourth-order valence-electron chi connectivity index (χ4n) is 2.39. The lowest BCUT2D eigenvalue weighted by atomic mass is 9.98. The Bertz CT molecular complexity index is 356. The predicted molar refractivity (Wildman–Crippen MR) is 72.6 cm³/mol. The number of nitrogens with zero attached hydrogens (tertiary/aromatic N) is 3. The average Bonchev–Trinajstić information content (AvgIpc) is 2.39. The molecule has 0 spiro atoms. The minimum absolute atomic E-state index is 0.312. The molecule has 0 aliphatic carbocycles. The quantitative estimate of drug-likeness (QED) is 0.885. The van der Waals surface area contributed by atoms with Crippen molar-refractivity contribution in [1.82, 2.24) is 10.2 Å². The lowest BCUT2D eigenvalue weighted by Gasteiger charge is -2.31. The van der Waals surface area contributed by atoms with E-state index in [0.29, 0.717) is 18.4 Å². The molecule has 0 aromatic carbocycles. The van der Waals surface area contributed by atoms with Crippen LogP contribution < -0.4 is 4.90 Å². The van der Waals surface area contributed by atoms with Gasteiger partial charge >= 0.3 is 0 Å². The third-order valence-electron chi connectivity index (χ3n) is 3.52. The van der Waals surface area contributed by atoms with Crippen molar-refractivity contribution in [2.24, 2.45) is 11.8 Å². The molecule has 2 rings (SSSR count). The van der Waals surface area contributed by atoms with E-state index in [2.05, 4.69) is 41.1 Å². The van der Waals surface area contributed by atoms with Crippen LogP contribution in [-0.4, -0.2) is 35.0 Å². The molecule has 1 aromatic heterocycles. The standard InChI is InChI=1S/C14H23N3O/c1-11(2)9-13-3-4-14(16-15-13)17-7-5-12(10-18)6-8-17/h3-4,11-12,18H,5-10H2,1-2H3. The zero-order valence-electron chi connectivity index (χ0n) is 11.3. The summed E-state index contributed by atoms with van der Waals surface area (Å²) in [6.07, 6.45) is 3.08. The Labute approximate surface area is 109 Å². The Morgan fingerprint density at radius 3 is 2.50 bits per heavy atom. The minimum Gasteiger partial charge on any atom is -0.396 e. The third kappa shape index (κ3) is 3.42. The molecule has 2 heterocycles. The molecule has 0 amide bonds. The van der Waals surface area contributed by atoms with E-state index in [1.807, 2.05) is 0 Å². The molecule has 100 valence electrons. The van der Waals surface area contributed by atoms with Gasteiger partial charge in [0.25, 0.3) is 0 Å². The molecule has 1 aliphatic heterocycles. The van der Waals surface area contributed by atoms with Gasteiger partial charge < -0.3 is 10.0 Å². The van der Waals surface area contributed by atoms with Crippen molar-refractivity contribution in [2.75, 3.05) is 24.6 Å². The van der Waals surface area contributed by atoms with E-state index in [4.69, 9.17) is 5.11 Å². The van der Waals surface area contributed by atoms with Crippen LogP contribution in [-0.2, 0) is 6.42 Å². The maximum absolute atomic E-state index is 9.12. The van der Waals surface area contributed by atoms with Crippen LogP contribution in [0.25, 0.3) is 0 Å². The number of hydrogen-bond acceptors (Lipinski definition) is 4. The van der Waals surface area contributed by atoms with E-state index in [0.717, 1.165) is 43.9 Å². The lowest BCUT2D eigenvalue weighted by molar-refractivity contribution is 0.202. The van der Waals surface area contributed by atoms with Gasteiger partial charge in [0.05, 0.1) is 5.69 Å². The molecule has 1 aromatic rings. The van der Waals surface area contributed by atoms with Gasteiger partial charge in [0.1, 0.15) is 0 Å². The van der Waals surface area contributed by atoms with Gasteiger partial charge in [0, 0.05) is 19.7 Å². The number of anilines is 1. The van der Waals surface area contributed by atoms with Gasteiger partial charge in [-0.15, -0.1) is 5.10 Å². The fourth-order valence-corrected chi connectivity index (χ4v) is 2.39. The smallest absolute Gasteiger partial charge is 0.151 e. The van der Waals surface area contributed by atoms with Crippen LogP contribution in [0.1, 0.15) is 32.4 Å². The maximum atomic E-state index is 9.12. The van der Waals surface area contributed by atoms with Gasteiger partial charge in [-0.2, -0.15) is 5.10 Å². The van der Waals surface area contributed by atoms with Crippen molar-refractivity contribution in [1.29, 1.82) is 0 Å². The molecule has 1 fully saturated rings. The highest BCUT2D eigenvalue weighted by Gasteiger charge is 2.19. The van der Waals surface area contributed by atoms with Crippen molar-refractivity contribution >= 4 is 5.82 Å². The first-order valence-corrected chi connectivity index (χ1v) is 6.87. The molecule has 4 nitrogen and oxygen atoms in total. The van der Waals surface area contributed by atoms with Crippen molar-refractivity contribution in [3.63, 3.8) is 0 Å². The Hall–Kier alpha value is -1.16. The molecule has 1 saturated heterocycles. The summed E-state index contributed by atoms with van der Waals surface area (Å²) < 4.78 is 0. The molecular formula is C14H23N3O. The zero-order chi connectivity index (χ0) is 13.0. The van der Waals surface area contributed by atoms with E-state index in [9.17, 15) is 0 Å². The second kappa shape index (κ2) is 6.14. The van der Waals surface area contributed by atoms with Crippen LogP contribution in [0, 0.1) is 11.8 Å². The van der Waals surface area contributed by atoms with Crippen LogP contribution in [0.15, 0.2) is 12.1 Å². The predicted octanol–water partition coefficient (Wildman–Crippen LogP) is 1.88. The van der Waals surface area contributed by atoms with Crippen LogP contribution in [0.3, 0.4) is 0 Å². The number of aliphatic hydroxyl groups is 1. The molecule has 18 heavy (non-hydrogen) atoms. The number of aromatic nitrogens is 2. The van der Waals surface area contributed by atoms with Crippen LogP contribution in [0.5, 0.6) is 0 Å². The summed E-state index contributed by atoms with van der Waals surface area (Å²) in [6, 6.07) is 4.16. The highest BCUT2D eigenvalue weighted by atomic mass is 16.3. The molecule has 0 bridgehead atoms. The summed E-state index contributed by atoms with van der Waals surface area (Å²) >= 11 is 0. The normalized spacial score (nSPS) is 17.4. The van der Waals surface area contributed by atoms with E-state index >= 15 is 0 Å². The lowest BCUT2D eigenvalue weighted by Crippen LogP contribution is -2.35. The van der Waals surface area contributed by atoms with Crippen LogP contribution in [0.2, 0.25) is 0 Å². The first-order chi connectivity index (χ1) is 8.69.